The van der Waals surface area contributed by atoms with Gasteiger partial charge in [0.2, 0.25) is 23.6 Å². The van der Waals surface area contributed by atoms with Crippen LogP contribution >= 0.6 is 11.8 Å². The lowest BCUT2D eigenvalue weighted by molar-refractivity contribution is -0.140. The molecule has 1 aromatic carbocycles. The first-order valence-corrected chi connectivity index (χ1v) is 14.5. The van der Waals surface area contributed by atoms with Gasteiger partial charge in [0.1, 0.15) is 12.1 Å². The van der Waals surface area contributed by atoms with Crippen LogP contribution in [0.1, 0.15) is 62.5 Å². The quantitative estimate of drug-likeness (QED) is 0.532. The number of rotatable bonds is 1. The molecule has 0 aromatic heterocycles. The molecule has 0 radical (unpaired) electrons. The van der Waals surface area contributed by atoms with Gasteiger partial charge in [0, 0.05) is 37.6 Å². The van der Waals surface area contributed by atoms with Gasteiger partial charge in [-0.15, -0.1) is 0 Å². The summed E-state index contributed by atoms with van der Waals surface area (Å²) in [4.78, 5) is 53.5. The van der Waals surface area contributed by atoms with E-state index in [1.54, 1.807) is 16.7 Å². The lowest BCUT2D eigenvalue weighted by atomic mass is 9.83. The van der Waals surface area contributed by atoms with E-state index >= 15 is 0 Å². The number of nitrogens with zero attached hydrogens (tertiary/aromatic N) is 1. The van der Waals surface area contributed by atoms with E-state index in [1.807, 2.05) is 24.3 Å². The number of carbonyl (C=O) groups is 4. The third kappa shape index (κ3) is 7.24. The number of benzene rings is 1. The first kappa shape index (κ1) is 26.5. The van der Waals surface area contributed by atoms with Crippen molar-refractivity contribution in [2.45, 2.75) is 75.6 Å². The zero-order chi connectivity index (χ0) is 25.3. The first-order chi connectivity index (χ1) is 17.5. The van der Waals surface area contributed by atoms with Gasteiger partial charge in [-0.3, -0.25) is 19.2 Å². The van der Waals surface area contributed by atoms with Gasteiger partial charge in [0.05, 0.1) is 6.42 Å². The van der Waals surface area contributed by atoms with Crippen molar-refractivity contribution < 1.29 is 19.2 Å². The molecule has 9 heteroatoms. The van der Waals surface area contributed by atoms with E-state index in [9.17, 15) is 19.2 Å². The summed E-state index contributed by atoms with van der Waals surface area (Å²) in [5.74, 6) is 1.06. The van der Waals surface area contributed by atoms with Gasteiger partial charge in [0.25, 0.3) is 0 Å². The molecule has 2 aliphatic heterocycles. The van der Waals surface area contributed by atoms with Crippen LogP contribution in [0.5, 0.6) is 0 Å². The van der Waals surface area contributed by atoms with Crippen molar-refractivity contribution in [1.29, 1.82) is 0 Å². The molecule has 2 fully saturated rings. The van der Waals surface area contributed by atoms with Gasteiger partial charge in [-0.25, -0.2) is 0 Å². The van der Waals surface area contributed by atoms with Crippen LogP contribution in [0.15, 0.2) is 24.3 Å². The van der Waals surface area contributed by atoms with Crippen molar-refractivity contribution in [3.8, 4) is 0 Å². The molecule has 4 rings (SSSR count). The predicted molar refractivity (Wildman–Crippen MR) is 140 cm³/mol. The molecule has 3 N–H and O–H groups in total. The Morgan fingerprint density at radius 1 is 0.861 bits per heavy atom. The number of amides is 4. The van der Waals surface area contributed by atoms with Gasteiger partial charge < -0.3 is 20.9 Å². The van der Waals surface area contributed by atoms with Gasteiger partial charge in [0.15, 0.2) is 0 Å². The topological polar surface area (TPSA) is 108 Å². The average Bonchev–Trinajstić information content (AvgIpc) is 3.37. The summed E-state index contributed by atoms with van der Waals surface area (Å²) in [6, 6.07) is 6.85. The highest BCUT2D eigenvalue weighted by atomic mass is 32.2. The summed E-state index contributed by atoms with van der Waals surface area (Å²) in [5, 5.41) is 8.93. The number of hydrogen-bond donors (Lipinski definition) is 3. The van der Waals surface area contributed by atoms with Crippen molar-refractivity contribution in [1.82, 2.24) is 20.9 Å². The first-order valence-electron chi connectivity index (χ1n) is 13.3. The third-order valence-electron chi connectivity index (χ3n) is 7.41. The Morgan fingerprint density at radius 3 is 2.50 bits per heavy atom. The Kier molecular flexibility index (Phi) is 9.67. The van der Waals surface area contributed by atoms with E-state index in [0.29, 0.717) is 19.5 Å². The molecule has 1 saturated carbocycles. The van der Waals surface area contributed by atoms with E-state index in [4.69, 9.17) is 0 Å². The second kappa shape index (κ2) is 13.1. The molecule has 2 unspecified atom stereocenters. The molecule has 0 spiro atoms. The highest BCUT2D eigenvalue weighted by Crippen LogP contribution is 2.27. The maximum atomic E-state index is 13.3. The van der Waals surface area contributed by atoms with E-state index in [-0.39, 0.29) is 48.9 Å². The van der Waals surface area contributed by atoms with Crippen molar-refractivity contribution >= 4 is 35.4 Å². The standard InChI is InChI=1S/C27H38N4O4S/c32-23-17-19-6-4-7-20(16-19)18-36-15-13-29-27(35)25(21-8-2-1-3-9-21)30-26(34)22-10-5-14-31(22)24(33)11-12-28-23/h4,6-7,16,21-22,25H,1-3,5,8-15,17-18H2,(H,28,32)(H,29,35)(H,30,34). The second-order valence-corrected chi connectivity index (χ2v) is 11.2. The molecule has 2 bridgehead atoms. The number of carbonyl (C=O) groups excluding carboxylic acids is 4. The Labute approximate surface area is 217 Å². The SMILES string of the molecule is O=C1Cc2cccc(c2)CSCCNC(=O)C(C2CCCCC2)NC(=O)C2CCCN2C(=O)CCN1. The van der Waals surface area contributed by atoms with Gasteiger partial charge in [-0.2, -0.15) is 11.8 Å². The molecule has 1 aliphatic carbocycles. The molecule has 8 nitrogen and oxygen atoms in total. The monoisotopic (exact) mass is 514 g/mol. The predicted octanol–water partition coefficient (Wildman–Crippen LogP) is 2.15. The van der Waals surface area contributed by atoms with Crippen LogP contribution in [-0.4, -0.2) is 66.0 Å². The Bertz CT molecular complexity index is 949. The maximum Gasteiger partial charge on any atom is 0.243 e. The smallest absolute Gasteiger partial charge is 0.243 e. The van der Waals surface area contributed by atoms with E-state index in [2.05, 4.69) is 16.0 Å². The lowest BCUT2D eigenvalue weighted by Crippen LogP contribution is -2.56. The van der Waals surface area contributed by atoms with Crippen molar-refractivity contribution in [2.24, 2.45) is 5.92 Å². The zero-order valence-electron chi connectivity index (χ0n) is 20.9. The van der Waals surface area contributed by atoms with Crippen molar-refractivity contribution in [2.75, 3.05) is 25.4 Å². The fourth-order valence-electron chi connectivity index (χ4n) is 5.53. The summed E-state index contributed by atoms with van der Waals surface area (Å²) < 4.78 is 0. The minimum atomic E-state index is -0.568. The fraction of sp³-hybridized carbons (Fsp3) is 0.630. The number of nitrogens with one attached hydrogen (secondary N) is 3. The minimum Gasteiger partial charge on any atom is -0.355 e. The summed E-state index contributed by atoms with van der Waals surface area (Å²) in [6.45, 7) is 1.29. The Morgan fingerprint density at radius 2 is 1.67 bits per heavy atom. The molecule has 4 amide bonds. The van der Waals surface area contributed by atoms with Crippen LogP contribution in [0.3, 0.4) is 0 Å². The van der Waals surface area contributed by atoms with Crippen LogP contribution in [0.4, 0.5) is 0 Å². The normalized spacial score (nSPS) is 25.9. The summed E-state index contributed by atoms with van der Waals surface area (Å²) in [7, 11) is 0. The fourth-order valence-corrected chi connectivity index (χ4v) is 6.33. The highest BCUT2D eigenvalue weighted by Gasteiger charge is 2.37. The molecule has 1 aromatic rings. The second-order valence-electron chi connectivity index (χ2n) is 10.1. The largest absolute Gasteiger partial charge is 0.355 e. The molecule has 2 atom stereocenters. The van der Waals surface area contributed by atoms with E-state index in [1.165, 1.54) is 0 Å². The minimum absolute atomic E-state index is 0.115. The van der Waals surface area contributed by atoms with Crippen LogP contribution in [0, 0.1) is 5.92 Å². The van der Waals surface area contributed by atoms with E-state index in [0.717, 1.165) is 61.2 Å². The number of thioether (sulfide) groups is 1. The summed E-state index contributed by atoms with van der Waals surface area (Å²) in [5.41, 5.74) is 2.07. The van der Waals surface area contributed by atoms with Crippen molar-refractivity contribution in [3.63, 3.8) is 0 Å². The Hall–Kier alpha value is -2.55. The van der Waals surface area contributed by atoms with Crippen LogP contribution in [0.2, 0.25) is 0 Å². The molecule has 2 heterocycles. The van der Waals surface area contributed by atoms with Crippen LogP contribution in [0.25, 0.3) is 0 Å². The summed E-state index contributed by atoms with van der Waals surface area (Å²) in [6.07, 6.45) is 6.92. The molecule has 3 aliphatic rings. The highest BCUT2D eigenvalue weighted by molar-refractivity contribution is 7.98. The Balaban J connectivity index is 1.48. The number of hydrogen-bond acceptors (Lipinski definition) is 5. The van der Waals surface area contributed by atoms with Gasteiger partial charge >= 0.3 is 0 Å². The van der Waals surface area contributed by atoms with Gasteiger partial charge in [-0.05, 0) is 42.7 Å². The maximum absolute atomic E-state index is 13.3. The molecular formula is C27H38N4O4S. The number of fused-ring (bicyclic) bond motifs is 3. The lowest BCUT2D eigenvalue weighted by Gasteiger charge is -2.32. The van der Waals surface area contributed by atoms with Crippen molar-refractivity contribution in [3.05, 3.63) is 35.4 Å². The molecule has 1 saturated heterocycles. The van der Waals surface area contributed by atoms with Gasteiger partial charge in [-0.1, -0.05) is 43.5 Å². The van der Waals surface area contributed by atoms with E-state index < -0.39 is 12.1 Å². The summed E-state index contributed by atoms with van der Waals surface area (Å²) >= 11 is 1.73. The zero-order valence-corrected chi connectivity index (χ0v) is 21.7. The van der Waals surface area contributed by atoms with Crippen LogP contribution < -0.4 is 16.0 Å². The average molecular weight is 515 g/mol. The third-order valence-corrected chi connectivity index (χ3v) is 8.44. The molecule has 36 heavy (non-hydrogen) atoms. The molecule has 196 valence electrons. The van der Waals surface area contributed by atoms with Crippen LogP contribution in [-0.2, 0) is 31.4 Å². The molecular weight excluding hydrogens is 476 g/mol.